The molecule has 0 aliphatic heterocycles. The number of nitrogens with zero attached hydrogens (tertiary/aromatic N) is 1. The first-order valence-electron chi connectivity index (χ1n) is 5.90. The van der Waals surface area contributed by atoms with Gasteiger partial charge in [-0.05, 0) is 34.1 Å². The molecule has 3 rings (SSSR count). The number of halogens is 2. The highest BCUT2D eigenvalue weighted by Gasteiger charge is 2.12. The third kappa shape index (κ3) is 3.35. The molecule has 3 nitrogen and oxygen atoms in total. The zero-order chi connectivity index (χ0) is 14.8. The summed E-state index contributed by atoms with van der Waals surface area (Å²) < 4.78 is 0.920. The molecule has 7 heteroatoms. The molecule has 2 heterocycles. The summed E-state index contributed by atoms with van der Waals surface area (Å²) in [5, 5.41) is 5.87. The molecule has 0 aliphatic rings. The smallest absolute Gasteiger partial charge is 0.267 e. The lowest BCUT2D eigenvalue weighted by Crippen LogP contribution is -2.09. The number of hydrogen-bond donors (Lipinski definition) is 1. The second kappa shape index (κ2) is 6.27. The van der Waals surface area contributed by atoms with E-state index in [9.17, 15) is 4.79 Å². The fourth-order valence-electron chi connectivity index (χ4n) is 1.72. The van der Waals surface area contributed by atoms with E-state index in [0.717, 1.165) is 15.0 Å². The van der Waals surface area contributed by atoms with Gasteiger partial charge in [0.05, 0.1) is 14.4 Å². The molecule has 3 aromatic rings. The molecular formula is C14H8BrClN2OS2. The predicted molar refractivity (Wildman–Crippen MR) is 92.5 cm³/mol. The maximum Gasteiger partial charge on any atom is 0.267 e. The van der Waals surface area contributed by atoms with Crippen LogP contribution in [0, 0.1) is 0 Å². The van der Waals surface area contributed by atoms with Crippen molar-refractivity contribution in [2.24, 2.45) is 0 Å². The number of nitrogens with one attached hydrogen (secondary N) is 1. The molecule has 1 N–H and O–H groups in total. The second-order valence-electron chi connectivity index (χ2n) is 4.08. The minimum atomic E-state index is -0.161. The average molecular weight is 400 g/mol. The summed E-state index contributed by atoms with van der Waals surface area (Å²) in [6.07, 6.45) is 0. The summed E-state index contributed by atoms with van der Waals surface area (Å²) in [5.41, 5.74) is 1.61. The summed E-state index contributed by atoms with van der Waals surface area (Å²) >= 11 is 12.2. The molecule has 0 aliphatic carbocycles. The van der Waals surface area contributed by atoms with Crippen LogP contribution in [0.1, 0.15) is 9.67 Å². The Morgan fingerprint density at radius 1 is 1.24 bits per heavy atom. The average Bonchev–Trinajstić information content (AvgIpc) is 3.08. The number of anilines is 1. The van der Waals surface area contributed by atoms with Crippen LogP contribution in [-0.2, 0) is 0 Å². The van der Waals surface area contributed by atoms with Gasteiger partial charge in [-0.15, -0.1) is 22.7 Å². The number of thiophene rings is 1. The van der Waals surface area contributed by atoms with Crippen molar-refractivity contribution in [1.82, 2.24) is 4.98 Å². The van der Waals surface area contributed by atoms with Crippen LogP contribution in [0.4, 0.5) is 5.13 Å². The van der Waals surface area contributed by atoms with E-state index in [1.54, 1.807) is 6.07 Å². The molecule has 0 radical (unpaired) electrons. The van der Waals surface area contributed by atoms with Crippen LogP contribution in [0.25, 0.3) is 11.3 Å². The third-order valence-corrected chi connectivity index (χ3v) is 5.38. The number of carbonyl (C=O) groups is 1. The molecule has 0 atom stereocenters. The number of thiazole rings is 1. The molecule has 106 valence electrons. The maximum absolute atomic E-state index is 12.1. The minimum Gasteiger partial charge on any atom is -0.297 e. The van der Waals surface area contributed by atoms with E-state index >= 15 is 0 Å². The third-order valence-electron chi connectivity index (χ3n) is 2.67. The molecule has 0 bridgehead atoms. The van der Waals surface area contributed by atoms with Gasteiger partial charge in [-0.2, -0.15) is 0 Å². The standard InChI is InChI=1S/C14H8BrClN2OS2/c15-12-6-5-11(21-12)13(19)18-14-17-10(7-20-14)8-3-1-2-4-9(8)16/h1-7H,(H,17,18,19). The van der Waals surface area contributed by atoms with Gasteiger partial charge in [0.2, 0.25) is 0 Å². The van der Waals surface area contributed by atoms with Crippen molar-refractivity contribution in [3.8, 4) is 11.3 Å². The molecule has 0 unspecified atom stereocenters. The molecule has 0 fully saturated rings. The van der Waals surface area contributed by atoms with E-state index < -0.39 is 0 Å². The second-order valence-corrected chi connectivity index (χ2v) is 7.80. The molecular weight excluding hydrogens is 392 g/mol. The number of aromatic nitrogens is 1. The van der Waals surface area contributed by atoms with E-state index in [0.29, 0.717) is 15.0 Å². The summed E-state index contributed by atoms with van der Waals surface area (Å²) in [4.78, 5) is 17.1. The number of rotatable bonds is 3. The fraction of sp³-hybridized carbons (Fsp3) is 0. The first-order valence-corrected chi connectivity index (χ1v) is 8.77. The van der Waals surface area contributed by atoms with Gasteiger partial charge in [0.25, 0.3) is 5.91 Å². The lowest BCUT2D eigenvalue weighted by molar-refractivity contribution is 0.103. The van der Waals surface area contributed by atoms with Gasteiger partial charge in [0, 0.05) is 16.0 Å². The van der Waals surface area contributed by atoms with Crippen molar-refractivity contribution in [3.05, 3.63) is 55.5 Å². The number of carbonyl (C=O) groups excluding carboxylic acids is 1. The van der Waals surface area contributed by atoms with Crippen molar-refractivity contribution < 1.29 is 4.79 Å². The SMILES string of the molecule is O=C(Nc1nc(-c2ccccc2Cl)cs1)c1ccc(Br)s1. The molecule has 2 aromatic heterocycles. The largest absolute Gasteiger partial charge is 0.297 e. The Morgan fingerprint density at radius 2 is 2.05 bits per heavy atom. The van der Waals surface area contributed by atoms with E-state index in [1.165, 1.54) is 22.7 Å². The van der Waals surface area contributed by atoms with Crippen LogP contribution in [-0.4, -0.2) is 10.9 Å². The minimum absolute atomic E-state index is 0.161. The molecule has 21 heavy (non-hydrogen) atoms. The first-order chi connectivity index (χ1) is 10.1. The quantitative estimate of drug-likeness (QED) is 0.628. The van der Waals surface area contributed by atoms with Crippen molar-refractivity contribution in [2.75, 3.05) is 5.32 Å². The van der Waals surface area contributed by atoms with Crippen molar-refractivity contribution >= 4 is 61.2 Å². The Hall–Kier alpha value is -1.21. The van der Waals surface area contributed by atoms with Gasteiger partial charge >= 0.3 is 0 Å². The van der Waals surface area contributed by atoms with Gasteiger partial charge in [-0.25, -0.2) is 4.98 Å². The van der Waals surface area contributed by atoms with E-state index in [2.05, 4.69) is 26.2 Å². The predicted octanol–water partition coefficient (Wildman–Crippen LogP) is 5.54. The summed E-state index contributed by atoms with van der Waals surface area (Å²) in [5.74, 6) is -0.161. The lowest BCUT2D eigenvalue weighted by atomic mass is 10.2. The van der Waals surface area contributed by atoms with E-state index in [-0.39, 0.29) is 5.91 Å². The number of benzene rings is 1. The molecule has 1 aromatic carbocycles. The summed E-state index contributed by atoms with van der Waals surface area (Å²) in [6.45, 7) is 0. The highest BCUT2D eigenvalue weighted by atomic mass is 79.9. The van der Waals surface area contributed by atoms with Gasteiger partial charge in [-0.3, -0.25) is 10.1 Å². The van der Waals surface area contributed by atoms with Gasteiger partial charge in [0.1, 0.15) is 0 Å². The Balaban J connectivity index is 1.80. The lowest BCUT2D eigenvalue weighted by Gasteiger charge is -2.00. The highest BCUT2D eigenvalue weighted by molar-refractivity contribution is 9.11. The normalized spacial score (nSPS) is 10.6. The van der Waals surface area contributed by atoms with Crippen molar-refractivity contribution in [1.29, 1.82) is 0 Å². The van der Waals surface area contributed by atoms with Crippen molar-refractivity contribution in [3.63, 3.8) is 0 Å². The van der Waals surface area contributed by atoms with Gasteiger partial charge < -0.3 is 0 Å². The van der Waals surface area contributed by atoms with Crippen LogP contribution < -0.4 is 5.32 Å². The fourth-order valence-corrected chi connectivity index (χ4v) is 3.94. The molecule has 0 saturated carbocycles. The maximum atomic E-state index is 12.1. The summed E-state index contributed by atoms with van der Waals surface area (Å²) in [7, 11) is 0. The first kappa shape index (κ1) is 14.7. The topological polar surface area (TPSA) is 42.0 Å². The zero-order valence-corrected chi connectivity index (χ0v) is 14.4. The van der Waals surface area contributed by atoms with Crippen LogP contribution in [0.5, 0.6) is 0 Å². The molecule has 0 spiro atoms. The Bertz CT molecular complexity index is 800. The van der Waals surface area contributed by atoms with Crippen LogP contribution in [0.15, 0.2) is 45.6 Å². The van der Waals surface area contributed by atoms with Gasteiger partial charge in [-0.1, -0.05) is 29.8 Å². The van der Waals surface area contributed by atoms with E-state index in [1.807, 2.05) is 35.7 Å². The van der Waals surface area contributed by atoms with Crippen LogP contribution >= 0.6 is 50.2 Å². The Kier molecular flexibility index (Phi) is 4.40. The molecule has 0 saturated heterocycles. The number of amides is 1. The van der Waals surface area contributed by atoms with Gasteiger partial charge in [0.15, 0.2) is 5.13 Å². The van der Waals surface area contributed by atoms with Crippen LogP contribution in [0.3, 0.4) is 0 Å². The highest BCUT2D eigenvalue weighted by Crippen LogP contribution is 2.30. The zero-order valence-electron chi connectivity index (χ0n) is 10.5. The van der Waals surface area contributed by atoms with Crippen LogP contribution in [0.2, 0.25) is 5.02 Å². The summed E-state index contributed by atoms with van der Waals surface area (Å²) in [6, 6.07) is 11.1. The molecule has 1 amide bonds. The van der Waals surface area contributed by atoms with E-state index in [4.69, 9.17) is 11.6 Å². The van der Waals surface area contributed by atoms with Crippen molar-refractivity contribution in [2.45, 2.75) is 0 Å². The monoisotopic (exact) mass is 398 g/mol. The Labute approximate surface area is 142 Å². The number of hydrogen-bond acceptors (Lipinski definition) is 4. The Morgan fingerprint density at radius 3 is 2.76 bits per heavy atom.